The van der Waals surface area contributed by atoms with Crippen molar-refractivity contribution in [1.82, 2.24) is 19.9 Å². The quantitative estimate of drug-likeness (QED) is 0.755. The van der Waals surface area contributed by atoms with Crippen molar-refractivity contribution >= 4 is 11.8 Å². The second-order valence-electron chi connectivity index (χ2n) is 6.36. The van der Waals surface area contributed by atoms with Gasteiger partial charge in [0.15, 0.2) is 0 Å². The van der Waals surface area contributed by atoms with Gasteiger partial charge in [0.05, 0.1) is 17.0 Å². The lowest BCUT2D eigenvalue weighted by Crippen LogP contribution is -2.28. The average molecular weight is 345 g/mol. The van der Waals surface area contributed by atoms with Crippen LogP contribution in [0.2, 0.25) is 0 Å². The predicted octanol–water partition coefficient (Wildman–Crippen LogP) is 2.74. The Morgan fingerprint density at radius 3 is 3.00 bits per heavy atom. The van der Waals surface area contributed by atoms with E-state index in [2.05, 4.69) is 36.2 Å². The minimum Gasteiger partial charge on any atom is -0.364 e. The molecule has 7 nitrogen and oxygen atoms in total. The minimum atomic E-state index is 0.203. The number of nitrogens with one attached hydrogen (secondary N) is 2. The summed E-state index contributed by atoms with van der Waals surface area (Å²) in [5.74, 6) is 1.37. The highest BCUT2D eigenvalue weighted by molar-refractivity contribution is 5.56. The van der Waals surface area contributed by atoms with E-state index in [1.54, 1.807) is 12.3 Å². The van der Waals surface area contributed by atoms with Crippen LogP contribution >= 0.6 is 0 Å². The fraction of sp³-hybridized carbons (Fsp3) is 0.263. The zero-order valence-corrected chi connectivity index (χ0v) is 14.5. The molecule has 26 heavy (non-hydrogen) atoms. The van der Waals surface area contributed by atoms with Gasteiger partial charge in [0.2, 0.25) is 5.95 Å². The number of aromatic amines is 1. The van der Waals surface area contributed by atoms with Gasteiger partial charge in [-0.2, -0.15) is 5.26 Å². The van der Waals surface area contributed by atoms with Gasteiger partial charge in [0.1, 0.15) is 11.9 Å². The number of rotatable bonds is 4. The zero-order chi connectivity index (χ0) is 17.9. The van der Waals surface area contributed by atoms with Crippen molar-refractivity contribution in [3.05, 3.63) is 54.0 Å². The largest absolute Gasteiger partial charge is 0.364 e. The Balaban J connectivity index is 1.49. The fourth-order valence-electron chi connectivity index (χ4n) is 3.15. The number of anilines is 2. The maximum atomic E-state index is 9.27. The molecule has 0 radical (unpaired) electrons. The lowest BCUT2D eigenvalue weighted by Gasteiger charge is -2.18. The smallest absolute Gasteiger partial charge is 0.225 e. The van der Waals surface area contributed by atoms with E-state index in [9.17, 15) is 5.26 Å². The maximum absolute atomic E-state index is 9.27. The van der Waals surface area contributed by atoms with Crippen LogP contribution in [0.1, 0.15) is 17.7 Å². The lowest BCUT2D eigenvalue weighted by molar-refractivity contribution is 0.796. The van der Waals surface area contributed by atoms with Crippen LogP contribution < -0.4 is 10.2 Å². The van der Waals surface area contributed by atoms with Crippen molar-refractivity contribution in [2.24, 2.45) is 0 Å². The molecule has 4 rings (SSSR count). The number of hydrogen-bond donors (Lipinski definition) is 2. The molecule has 0 saturated carbocycles. The first-order chi connectivity index (χ1) is 12.7. The van der Waals surface area contributed by atoms with E-state index in [1.807, 2.05) is 37.4 Å². The number of nitrogens with zero attached hydrogens (tertiary/aromatic N) is 5. The number of hydrogen-bond acceptors (Lipinski definition) is 6. The predicted molar refractivity (Wildman–Crippen MR) is 99.7 cm³/mol. The molecule has 0 spiro atoms. The summed E-state index contributed by atoms with van der Waals surface area (Å²) in [5, 5.41) is 12.7. The van der Waals surface area contributed by atoms with E-state index in [-0.39, 0.29) is 6.04 Å². The highest BCUT2D eigenvalue weighted by atomic mass is 15.3. The van der Waals surface area contributed by atoms with Gasteiger partial charge in [0.25, 0.3) is 0 Å². The molecule has 0 amide bonds. The van der Waals surface area contributed by atoms with Crippen molar-refractivity contribution in [2.45, 2.75) is 19.4 Å². The fourth-order valence-corrected chi connectivity index (χ4v) is 3.15. The van der Waals surface area contributed by atoms with E-state index >= 15 is 0 Å². The lowest BCUT2D eigenvalue weighted by atomic mass is 10.2. The molecular weight excluding hydrogens is 326 g/mol. The third kappa shape index (κ3) is 3.22. The molecule has 3 aromatic rings. The summed E-state index contributed by atoms with van der Waals surface area (Å²) in [7, 11) is 0. The van der Waals surface area contributed by atoms with E-state index in [0.29, 0.717) is 11.4 Å². The van der Waals surface area contributed by atoms with Crippen LogP contribution in [0.3, 0.4) is 0 Å². The summed E-state index contributed by atoms with van der Waals surface area (Å²) >= 11 is 0. The van der Waals surface area contributed by atoms with Crippen molar-refractivity contribution in [3.63, 3.8) is 0 Å². The van der Waals surface area contributed by atoms with E-state index in [4.69, 9.17) is 0 Å². The second kappa shape index (κ2) is 6.84. The highest BCUT2D eigenvalue weighted by Crippen LogP contribution is 2.23. The molecular formula is C19H19N7. The Labute approximate surface area is 151 Å². The average Bonchev–Trinajstić information content (AvgIpc) is 3.34. The van der Waals surface area contributed by atoms with Gasteiger partial charge in [-0.25, -0.2) is 15.0 Å². The van der Waals surface area contributed by atoms with Crippen molar-refractivity contribution in [1.29, 1.82) is 5.26 Å². The Morgan fingerprint density at radius 2 is 2.19 bits per heavy atom. The maximum Gasteiger partial charge on any atom is 0.225 e. The second-order valence-corrected chi connectivity index (χ2v) is 6.36. The van der Waals surface area contributed by atoms with E-state index in [1.165, 1.54) is 0 Å². The summed E-state index contributed by atoms with van der Waals surface area (Å²) in [6.07, 6.45) is 4.61. The highest BCUT2D eigenvalue weighted by Gasteiger charge is 2.25. The molecule has 1 aliphatic heterocycles. The molecule has 1 saturated heterocycles. The van der Waals surface area contributed by atoms with Crippen LogP contribution in [0.4, 0.5) is 11.8 Å². The van der Waals surface area contributed by atoms with Gasteiger partial charge in [-0.15, -0.1) is 0 Å². The van der Waals surface area contributed by atoms with E-state index < -0.39 is 0 Å². The van der Waals surface area contributed by atoms with Crippen LogP contribution in [-0.2, 0) is 0 Å². The monoisotopic (exact) mass is 345 g/mol. The normalized spacial score (nSPS) is 16.5. The number of pyridine rings is 1. The van der Waals surface area contributed by atoms with E-state index in [0.717, 1.165) is 42.5 Å². The number of nitriles is 1. The molecule has 1 unspecified atom stereocenters. The van der Waals surface area contributed by atoms with Crippen LogP contribution in [-0.4, -0.2) is 39.1 Å². The molecule has 1 atom stereocenters. The van der Waals surface area contributed by atoms with Crippen LogP contribution in [0.25, 0.3) is 11.4 Å². The van der Waals surface area contributed by atoms with Gasteiger partial charge in [0, 0.05) is 37.2 Å². The Hall–Kier alpha value is -3.40. The third-order valence-corrected chi connectivity index (χ3v) is 4.48. The van der Waals surface area contributed by atoms with Crippen LogP contribution in [0.15, 0.2) is 42.7 Å². The summed E-state index contributed by atoms with van der Waals surface area (Å²) in [5.41, 5.74) is 3.32. The summed E-state index contributed by atoms with van der Waals surface area (Å²) in [6.45, 7) is 3.56. The van der Waals surface area contributed by atoms with Gasteiger partial charge < -0.3 is 15.2 Å². The molecule has 3 aromatic heterocycles. The molecule has 0 aliphatic carbocycles. The first kappa shape index (κ1) is 16.1. The summed E-state index contributed by atoms with van der Waals surface area (Å²) in [4.78, 5) is 18.9. The molecule has 2 N–H and O–H groups in total. The first-order valence-electron chi connectivity index (χ1n) is 8.59. The van der Waals surface area contributed by atoms with Gasteiger partial charge in [-0.1, -0.05) is 0 Å². The van der Waals surface area contributed by atoms with Crippen molar-refractivity contribution < 1.29 is 0 Å². The molecule has 1 aliphatic rings. The van der Waals surface area contributed by atoms with Crippen molar-refractivity contribution in [3.8, 4) is 17.5 Å². The van der Waals surface area contributed by atoms with Gasteiger partial charge in [-0.05, 0) is 43.7 Å². The first-order valence-corrected chi connectivity index (χ1v) is 8.59. The number of aryl methyl sites for hydroxylation is 1. The Morgan fingerprint density at radius 1 is 1.27 bits per heavy atom. The Bertz CT molecular complexity index is 943. The molecule has 7 heteroatoms. The Kier molecular flexibility index (Phi) is 4.23. The topological polar surface area (TPSA) is 93.5 Å². The van der Waals surface area contributed by atoms with Gasteiger partial charge in [-0.3, -0.25) is 0 Å². The molecule has 0 aromatic carbocycles. The minimum absolute atomic E-state index is 0.203. The number of H-pyrrole nitrogens is 1. The molecule has 130 valence electrons. The third-order valence-electron chi connectivity index (χ3n) is 4.48. The number of aromatic nitrogens is 4. The van der Waals surface area contributed by atoms with Crippen LogP contribution in [0.5, 0.6) is 0 Å². The summed E-state index contributed by atoms with van der Waals surface area (Å²) < 4.78 is 0. The standard InChI is InChI=1S/C19H19N7/c1-13-4-5-14(11-20)18(23-13)24-15-7-10-26(12-15)19-22-9-6-17(25-19)16-3-2-8-21-16/h2-6,8-9,15,21H,7,10,12H2,1H3,(H,23,24). The van der Waals surface area contributed by atoms with Gasteiger partial charge >= 0.3 is 0 Å². The summed E-state index contributed by atoms with van der Waals surface area (Å²) in [6, 6.07) is 11.9. The molecule has 1 fully saturated rings. The SMILES string of the molecule is Cc1ccc(C#N)c(NC2CCN(c3nccc(-c4ccc[nH]4)n3)C2)n1. The zero-order valence-electron chi connectivity index (χ0n) is 14.5. The molecule has 4 heterocycles. The van der Waals surface area contributed by atoms with Crippen molar-refractivity contribution in [2.75, 3.05) is 23.3 Å². The molecule has 0 bridgehead atoms. The van der Waals surface area contributed by atoms with Crippen LogP contribution in [0, 0.1) is 18.3 Å².